The van der Waals surface area contributed by atoms with Gasteiger partial charge in [0, 0.05) is 12.6 Å². The maximum absolute atomic E-state index is 12.2. The van der Waals surface area contributed by atoms with Gasteiger partial charge < -0.3 is 15.3 Å². The molecule has 2 rings (SSSR count). The Kier molecular flexibility index (Phi) is 3.32. The summed E-state index contributed by atoms with van der Waals surface area (Å²) >= 11 is 0. The molecule has 0 aromatic heterocycles. The van der Waals surface area contributed by atoms with Crippen molar-refractivity contribution < 1.29 is 14.7 Å². The molecule has 2 aliphatic carbocycles. The van der Waals surface area contributed by atoms with Crippen molar-refractivity contribution >= 4 is 12.0 Å². The van der Waals surface area contributed by atoms with E-state index >= 15 is 0 Å². The number of carbonyl (C=O) groups excluding carboxylic acids is 1. The van der Waals surface area contributed by atoms with Gasteiger partial charge in [0.2, 0.25) is 0 Å². The molecule has 2 fully saturated rings. The van der Waals surface area contributed by atoms with E-state index in [1.807, 2.05) is 0 Å². The first kappa shape index (κ1) is 12.9. The highest BCUT2D eigenvalue weighted by Crippen LogP contribution is 2.40. The molecule has 0 heterocycles. The van der Waals surface area contributed by atoms with Crippen LogP contribution in [0.15, 0.2) is 12.7 Å². The number of aliphatic carboxylic acids is 1. The lowest BCUT2D eigenvalue weighted by molar-refractivity contribution is -0.144. The second-order valence-corrected chi connectivity index (χ2v) is 5.38. The zero-order valence-corrected chi connectivity index (χ0v) is 10.7. The van der Waals surface area contributed by atoms with E-state index in [9.17, 15) is 14.7 Å². The van der Waals surface area contributed by atoms with Crippen molar-refractivity contribution in [1.29, 1.82) is 0 Å². The molecule has 0 aliphatic heterocycles. The summed E-state index contributed by atoms with van der Waals surface area (Å²) in [6.07, 6.45) is 5.40. The van der Waals surface area contributed by atoms with Gasteiger partial charge in [0.25, 0.3) is 0 Å². The number of amides is 2. The largest absolute Gasteiger partial charge is 0.480 e. The summed E-state index contributed by atoms with van der Waals surface area (Å²) in [6.45, 7) is 5.70. The zero-order valence-electron chi connectivity index (χ0n) is 10.7. The van der Waals surface area contributed by atoms with Crippen molar-refractivity contribution in [1.82, 2.24) is 10.2 Å². The van der Waals surface area contributed by atoms with Crippen molar-refractivity contribution in [2.24, 2.45) is 5.92 Å². The lowest BCUT2D eigenvalue weighted by Gasteiger charge is -2.30. The molecule has 0 saturated heterocycles. The SMILES string of the molecule is C=CCN(C(=O)NC(C)(C(=O)O)C1CC1)C1CC1. The number of carbonyl (C=O) groups is 2. The fourth-order valence-electron chi connectivity index (χ4n) is 2.21. The molecule has 100 valence electrons. The third-order valence-electron chi connectivity index (χ3n) is 3.78. The number of hydrogen-bond acceptors (Lipinski definition) is 2. The standard InChI is InChI=1S/C13H20N2O3/c1-3-8-15(10-6-7-10)12(18)14-13(2,11(16)17)9-4-5-9/h3,9-10H,1,4-8H2,2H3,(H,14,18)(H,16,17). The van der Waals surface area contributed by atoms with E-state index in [2.05, 4.69) is 11.9 Å². The maximum Gasteiger partial charge on any atom is 0.329 e. The van der Waals surface area contributed by atoms with Gasteiger partial charge in [-0.15, -0.1) is 6.58 Å². The van der Waals surface area contributed by atoms with Gasteiger partial charge in [0.15, 0.2) is 0 Å². The van der Waals surface area contributed by atoms with Crippen molar-refractivity contribution in [3.05, 3.63) is 12.7 Å². The highest BCUT2D eigenvalue weighted by Gasteiger charge is 2.49. The smallest absolute Gasteiger partial charge is 0.329 e. The van der Waals surface area contributed by atoms with E-state index in [1.54, 1.807) is 17.9 Å². The molecule has 0 spiro atoms. The first-order valence-corrected chi connectivity index (χ1v) is 6.42. The first-order chi connectivity index (χ1) is 8.49. The number of rotatable bonds is 6. The minimum atomic E-state index is -1.13. The van der Waals surface area contributed by atoms with E-state index in [1.165, 1.54) is 0 Å². The fourth-order valence-corrected chi connectivity index (χ4v) is 2.21. The lowest BCUT2D eigenvalue weighted by Crippen LogP contribution is -2.57. The fraction of sp³-hybridized carbons (Fsp3) is 0.692. The van der Waals surface area contributed by atoms with Crippen LogP contribution >= 0.6 is 0 Å². The van der Waals surface area contributed by atoms with Crippen LogP contribution in [0, 0.1) is 5.92 Å². The predicted molar refractivity (Wildman–Crippen MR) is 67.2 cm³/mol. The van der Waals surface area contributed by atoms with Gasteiger partial charge in [-0.1, -0.05) is 6.08 Å². The van der Waals surface area contributed by atoms with Gasteiger partial charge in [-0.3, -0.25) is 0 Å². The topological polar surface area (TPSA) is 69.6 Å². The number of nitrogens with zero attached hydrogens (tertiary/aromatic N) is 1. The van der Waals surface area contributed by atoms with Crippen LogP contribution in [-0.4, -0.2) is 40.1 Å². The van der Waals surface area contributed by atoms with E-state index in [-0.39, 0.29) is 18.0 Å². The van der Waals surface area contributed by atoms with Crippen molar-refractivity contribution in [2.75, 3.05) is 6.54 Å². The number of carboxylic acid groups (broad SMARTS) is 1. The molecule has 2 amide bonds. The van der Waals surface area contributed by atoms with E-state index in [0.29, 0.717) is 6.54 Å². The Labute approximate surface area is 107 Å². The second kappa shape index (κ2) is 4.63. The number of hydrogen-bond donors (Lipinski definition) is 2. The molecule has 0 bridgehead atoms. The Morgan fingerprint density at radius 1 is 1.44 bits per heavy atom. The van der Waals surface area contributed by atoms with Crippen LogP contribution in [-0.2, 0) is 4.79 Å². The van der Waals surface area contributed by atoms with Crippen LogP contribution < -0.4 is 5.32 Å². The molecule has 2 N–H and O–H groups in total. The first-order valence-electron chi connectivity index (χ1n) is 6.42. The third kappa shape index (κ3) is 2.49. The monoisotopic (exact) mass is 252 g/mol. The van der Waals surface area contributed by atoms with Gasteiger partial charge in [-0.2, -0.15) is 0 Å². The molecule has 18 heavy (non-hydrogen) atoms. The van der Waals surface area contributed by atoms with Crippen LogP contribution in [0.1, 0.15) is 32.6 Å². The van der Waals surface area contributed by atoms with E-state index < -0.39 is 11.5 Å². The van der Waals surface area contributed by atoms with Crippen LogP contribution in [0.4, 0.5) is 4.79 Å². The maximum atomic E-state index is 12.2. The number of carboxylic acids is 1. The van der Waals surface area contributed by atoms with Crippen LogP contribution in [0.25, 0.3) is 0 Å². The van der Waals surface area contributed by atoms with Crippen LogP contribution in [0.3, 0.4) is 0 Å². The second-order valence-electron chi connectivity index (χ2n) is 5.38. The average Bonchev–Trinajstić information content (AvgIpc) is 3.18. The lowest BCUT2D eigenvalue weighted by atomic mass is 9.96. The average molecular weight is 252 g/mol. The predicted octanol–water partition coefficient (Wildman–Crippen LogP) is 1.60. The highest BCUT2D eigenvalue weighted by molar-refractivity contribution is 5.87. The van der Waals surface area contributed by atoms with Crippen molar-refractivity contribution in [3.63, 3.8) is 0 Å². The summed E-state index contributed by atoms with van der Waals surface area (Å²) in [4.78, 5) is 25.2. The molecule has 1 unspecified atom stereocenters. The van der Waals surface area contributed by atoms with Crippen LogP contribution in [0.2, 0.25) is 0 Å². The normalized spacial score (nSPS) is 21.8. The molecule has 0 aromatic rings. The Balaban J connectivity index is 2.03. The summed E-state index contributed by atoms with van der Waals surface area (Å²) in [5, 5.41) is 12.0. The van der Waals surface area contributed by atoms with Gasteiger partial charge in [-0.05, 0) is 38.5 Å². The Hall–Kier alpha value is -1.52. The molecule has 5 heteroatoms. The Morgan fingerprint density at radius 2 is 2.06 bits per heavy atom. The summed E-state index contributed by atoms with van der Waals surface area (Å²) in [5.74, 6) is -0.892. The quantitative estimate of drug-likeness (QED) is 0.705. The van der Waals surface area contributed by atoms with Crippen molar-refractivity contribution in [2.45, 2.75) is 44.2 Å². The number of urea groups is 1. The summed E-state index contributed by atoms with van der Waals surface area (Å²) in [7, 11) is 0. The van der Waals surface area contributed by atoms with E-state index in [0.717, 1.165) is 25.7 Å². The zero-order chi connectivity index (χ0) is 13.3. The Morgan fingerprint density at radius 3 is 2.44 bits per heavy atom. The molecular formula is C13H20N2O3. The molecule has 5 nitrogen and oxygen atoms in total. The van der Waals surface area contributed by atoms with Gasteiger partial charge >= 0.3 is 12.0 Å². The minimum absolute atomic E-state index is 0.0590. The van der Waals surface area contributed by atoms with Crippen molar-refractivity contribution in [3.8, 4) is 0 Å². The number of nitrogens with one attached hydrogen (secondary N) is 1. The molecule has 0 aromatic carbocycles. The molecule has 1 atom stereocenters. The third-order valence-corrected chi connectivity index (χ3v) is 3.78. The van der Waals surface area contributed by atoms with Crippen LogP contribution in [0.5, 0.6) is 0 Å². The summed E-state index contributed by atoms with van der Waals surface area (Å²) < 4.78 is 0. The minimum Gasteiger partial charge on any atom is -0.480 e. The molecule has 2 aliphatic rings. The molecule has 0 radical (unpaired) electrons. The summed E-state index contributed by atoms with van der Waals surface area (Å²) in [5.41, 5.74) is -1.13. The summed E-state index contributed by atoms with van der Waals surface area (Å²) in [6, 6.07) is -0.0329. The highest BCUT2D eigenvalue weighted by atomic mass is 16.4. The van der Waals surface area contributed by atoms with Gasteiger partial charge in [-0.25, -0.2) is 9.59 Å². The van der Waals surface area contributed by atoms with Gasteiger partial charge in [0.1, 0.15) is 5.54 Å². The Bertz CT molecular complexity index is 374. The molecule has 2 saturated carbocycles. The molecular weight excluding hydrogens is 232 g/mol. The van der Waals surface area contributed by atoms with E-state index in [4.69, 9.17) is 0 Å². The van der Waals surface area contributed by atoms with Gasteiger partial charge in [0.05, 0.1) is 0 Å².